The van der Waals surface area contributed by atoms with E-state index in [0.717, 1.165) is 16.7 Å². The molecule has 32 heavy (non-hydrogen) atoms. The van der Waals surface area contributed by atoms with Crippen LogP contribution in [0.2, 0.25) is 0 Å². The molecule has 2 aromatic carbocycles. The first-order chi connectivity index (χ1) is 15.5. The van der Waals surface area contributed by atoms with Gasteiger partial charge in [0.1, 0.15) is 23.1 Å². The largest absolute Gasteiger partial charge is 0.489 e. The zero-order valence-corrected chi connectivity index (χ0v) is 18.2. The fraction of sp³-hybridized carbons (Fsp3) is 0.125. The molecular formula is C24H19FN4O2S. The molecule has 6 nitrogen and oxygen atoms in total. The predicted molar refractivity (Wildman–Crippen MR) is 124 cm³/mol. The molecule has 0 saturated heterocycles. The van der Waals surface area contributed by atoms with Gasteiger partial charge in [-0.25, -0.2) is 9.37 Å². The topological polar surface area (TPSA) is 69.0 Å². The highest BCUT2D eigenvalue weighted by atomic mass is 32.1. The van der Waals surface area contributed by atoms with Crippen LogP contribution in [0.3, 0.4) is 0 Å². The van der Waals surface area contributed by atoms with Crippen molar-refractivity contribution >= 4 is 44.1 Å². The van der Waals surface area contributed by atoms with E-state index in [1.807, 2.05) is 50.4 Å². The normalized spacial score (nSPS) is 11.2. The Morgan fingerprint density at radius 2 is 2.00 bits per heavy atom. The van der Waals surface area contributed by atoms with Crippen LogP contribution in [-0.2, 0) is 13.7 Å². The number of carbonyl (C=O) groups is 1. The highest BCUT2D eigenvalue weighted by Crippen LogP contribution is 2.35. The first-order valence-electron chi connectivity index (χ1n) is 9.99. The van der Waals surface area contributed by atoms with E-state index in [9.17, 15) is 9.18 Å². The van der Waals surface area contributed by atoms with Gasteiger partial charge in [0, 0.05) is 28.1 Å². The van der Waals surface area contributed by atoms with E-state index in [4.69, 9.17) is 4.74 Å². The number of amides is 1. The second-order valence-corrected chi connectivity index (χ2v) is 8.43. The Balaban J connectivity index is 1.50. The molecule has 160 valence electrons. The van der Waals surface area contributed by atoms with Crippen LogP contribution in [0.1, 0.15) is 20.9 Å². The molecule has 0 spiro atoms. The number of fused-ring (bicyclic) bond motifs is 2. The Morgan fingerprint density at radius 3 is 2.81 bits per heavy atom. The van der Waals surface area contributed by atoms with Crippen LogP contribution in [0, 0.1) is 12.7 Å². The number of benzene rings is 2. The number of nitrogens with one attached hydrogen (secondary N) is 1. The van der Waals surface area contributed by atoms with Crippen LogP contribution in [0.25, 0.3) is 21.1 Å². The van der Waals surface area contributed by atoms with Gasteiger partial charge in [0.2, 0.25) is 0 Å². The smallest absolute Gasteiger partial charge is 0.266 e. The summed E-state index contributed by atoms with van der Waals surface area (Å²) in [5.74, 6) is -0.0604. The number of hydrogen-bond acceptors (Lipinski definition) is 5. The van der Waals surface area contributed by atoms with Crippen molar-refractivity contribution < 1.29 is 13.9 Å². The molecule has 0 unspecified atom stereocenters. The molecule has 0 aliphatic carbocycles. The first kappa shape index (κ1) is 20.1. The molecule has 1 N–H and O–H groups in total. The summed E-state index contributed by atoms with van der Waals surface area (Å²) < 4.78 is 23.0. The number of pyridine rings is 1. The molecule has 0 fully saturated rings. The Kier molecular flexibility index (Phi) is 5.07. The van der Waals surface area contributed by atoms with E-state index in [1.165, 1.54) is 17.4 Å². The summed E-state index contributed by atoms with van der Waals surface area (Å²) in [7, 11) is 1.82. The average Bonchev–Trinajstić information content (AvgIpc) is 3.31. The monoisotopic (exact) mass is 446 g/mol. The first-order valence-corrected chi connectivity index (χ1v) is 10.8. The van der Waals surface area contributed by atoms with E-state index >= 15 is 0 Å². The molecule has 5 rings (SSSR count). The standard InChI is InChI=1S/C24H19FN4O2S/c1-14-17-11-15(12-26-23(17)29(2)28-14)27-24(30)22-18(13-31-16-7-4-3-5-8-16)21-19(25)9-6-10-20(21)32-22/h3-12H,13H2,1-2H3,(H,27,30). The van der Waals surface area contributed by atoms with Crippen molar-refractivity contribution in [3.8, 4) is 5.75 Å². The maximum atomic E-state index is 14.7. The van der Waals surface area contributed by atoms with Crippen molar-refractivity contribution in [2.24, 2.45) is 7.05 Å². The molecule has 0 aliphatic heterocycles. The molecular weight excluding hydrogens is 427 g/mol. The van der Waals surface area contributed by atoms with Gasteiger partial charge >= 0.3 is 0 Å². The molecule has 0 aliphatic rings. The number of hydrogen-bond donors (Lipinski definition) is 1. The van der Waals surface area contributed by atoms with Crippen LogP contribution < -0.4 is 10.1 Å². The summed E-state index contributed by atoms with van der Waals surface area (Å²) in [5.41, 5.74) is 2.64. The summed E-state index contributed by atoms with van der Waals surface area (Å²) in [6, 6.07) is 15.9. The van der Waals surface area contributed by atoms with E-state index in [1.54, 1.807) is 23.0 Å². The highest BCUT2D eigenvalue weighted by Gasteiger charge is 2.22. The number of aromatic nitrogens is 3. The maximum Gasteiger partial charge on any atom is 0.266 e. The van der Waals surface area contributed by atoms with Gasteiger partial charge in [-0.2, -0.15) is 5.10 Å². The fourth-order valence-corrected chi connectivity index (χ4v) is 4.84. The molecule has 3 aromatic heterocycles. The summed E-state index contributed by atoms with van der Waals surface area (Å²) in [6.07, 6.45) is 1.59. The number of para-hydroxylation sites is 1. The van der Waals surface area contributed by atoms with Crippen LogP contribution >= 0.6 is 11.3 Å². The second-order valence-electron chi connectivity index (χ2n) is 7.38. The number of anilines is 1. The maximum absolute atomic E-state index is 14.7. The Labute approximate surface area is 187 Å². The molecule has 3 heterocycles. The van der Waals surface area contributed by atoms with Gasteiger partial charge in [0.25, 0.3) is 5.91 Å². The SMILES string of the molecule is Cc1nn(C)c2ncc(NC(=O)c3sc4cccc(F)c4c3COc3ccccc3)cc12. The van der Waals surface area contributed by atoms with Gasteiger partial charge in [-0.15, -0.1) is 11.3 Å². The van der Waals surface area contributed by atoms with E-state index in [-0.39, 0.29) is 18.3 Å². The van der Waals surface area contributed by atoms with Crippen LogP contribution in [0.5, 0.6) is 5.75 Å². The zero-order valence-electron chi connectivity index (χ0n) is 17.4. The van der Waals surface area contributed by atoms with Gasteiger partial charge < -0.3 is 10.1 Å². The number of rotatable bonds is 5. The number of aryl methyl sites for hydroxylation is 2. The highest BCUT2D eigenvalue weighted by molar-refractivity contribution is 7.21. The van der Waals surface area contributed by atoms with Gasteiger partial charge in [0.15, 0.2) is 5.65 Å². The summed E-state index contributed by atoms with van der Waals surface area (Å²) in [6.45, 7) is 1.97. The van der Waals surface area contributed by atoms with Crippen LogP contribution in [-0.4, -0.2) is 20.7 Å². The van der Waals surface area contributed by atoms with Crippen molar-refractivity contribution in [1.82, 2.24) is 14.8 Å². The van der Waals surface area contributed by atoms with Crippen molar-refractivity contribution in [3.05, 3.63) is 82.7 Å². The van der Waals surface area contributed by atoms with Gasteiger partial charge in [0.05, 0.1) is 17.6 Å². The lowest BCUT2D eigenvalue weighted by Crippen LogP contribution is -2.13. The molecule has 0 saturated carbocycles. The Morgan fingerprint density at radius 1 is 1.19 bits per heavy atom. The predicted octanol–water partition coefficient (Wildman–Crippen LogP) is 5.46. The molecule has 1 amide bonds. The van der Waals surface area contributed by atoms with Gasteiger partial charge in [-0.05, 0) is 37.3 Å². The van der Waals surface area contributed by atoms with Crippen molar-refractivity contribution in [2.45, 2.75) is 13.5 Å². The molecule has 5 aromatic rings. The quantitative estimate of drug-likeness (QED) is 0.389. The molecule has 8 heteroatoms. The molecule has 0 atom stereocenters. The number of halogens is 1. The number of ether oxygens (including phenoxy) is 1. The summed E-state index contributed by atoms with van der Waals surface area (Å²) in [4.78, 5) is 18.0. The third-order valence-corrected chi connectivity index (χ3v) is 6.41. The third kappa shape index (κ3) is 3.58. The van der Waals surface area contributed by atoms with Crippen LogP contribution in [0.4, 0.5) is 10.1 Å². The lowest BCUT2D eigenvalue weighted by atomic mass is 10.1. The molecule has 0 bridgehead atoms. The van der Waals surface area contributed by atoms with Gasteiger partial charge in [-0.3, -0.25) is 9.48 Å². The minimum Gasteiger partial charge on any atom is -0.489 e. The van der Waals surface area contributed by atoms with Crippen molar-refractivity contribution in [1.29, 1.82) is 0 Å². The number of nitrogens with zero attached hydrogens (tertiary/aromatic N) is 3. The lowest BCUT2D eigenvalue weighted by Gasteiger charge is -2.09. The van der Waals surface area contributed by atoms with E-state index < -0.39 is 0 Å². The minimum absolute atomic E-state index is 0.0761. The number of thiophene rings is 1. The van der Waals surface area contributed by atoms with Crippen molar-refractivity contribution in [2.75, 3.05) is 5.32 Å². The zero-order chi connectivity index (χ0) is 22.2. The Bertz CT molecular complexity index is 1460. The van der Waals surface area contributed by atoms with Crippen LogP contribution in [0.15, 0.2) is 60.8 Å². The second kappa shape index (κ2) is 8.05. The third-order valence-electron chi connectivity index (χ3n) is 5.22. The van der Waals surface area contributed by atoms with Crippen molar-refractivity contribution in [3.63, 3.8) is 0 Å². The minimum atomic E-state index is -0.376. The van der Waals surface area contributed by atoms with Gasteiger partial charge in [-0.1, -0.05) is 24.3 Å². The average molecular weight is 447 g/mol. The van der Waals surface area contributed by atoms with E-state index in [2.05, 4.69) is 15.4 Å². The fourth-order valence-electron chi connectivity index (χ4n) is 3.72. The number of carbonyl (C=O) groups excluding carboxylic acids is 1. The Hall–Kier alpha value is -3.78. The molecule has 0 radical (unpaired) electrons. The van der Waals surface area contributed by atoms with E-state index in [0.29, 0.717) is 32.0 Å². The summed E-state index contributed by atoms with van der Waals surface area (Å²) in [5, 5.41) is 8.53. The summed E-state index contributed by atoms with van der Waals surface area (Å²) >= 11 is 1.24. The lowest BCUT2D eigenvalue weighted by molar-refractivity contribution is 0.102.